The van der Waals surface area contributed by atoms with E-state index in [1.807, 2.05) is 71.1 Å². The minimum absolute atomic E-state index is 0.234. The van der Waals surface area contributed by atoms with Crippen LogP contribution < -0.4 is 0 Å². The largest absolute Gasteiger partial charge is 0.179 e. The maximum Gasteiger partial charge on any atom is 0.179 e. The monoisotopic (exact) mass is 444 g/mol. The summed E-state index contributed by atoms with van der Waals surface area (Å²) >= 11 is 26.9. The summed E-state index contributed by atoms with van der Waals surface area (Å²) in [6, 6.07) is 15.0. The topological polar surface area (TPSA) is 0 Å². The zero-order chi connectivity index (χ0) is 14.0. The van der Waals surface area contributed by atoms with E-state index in [1.54, 1.807) is 0 Å². The second kappa shape index (κ2) is 6.40. The summed E-state index contributed by atoms with van der Waals surface area (Å²) in [6.07, 6.45) is 0. The molecule has 2 aromatic carbocycles. The van der Waals surface area contributed by atoms with E-state index in [1.165, 1.54) is 0 Å². The third-order valence-corrected chi connectivity index (χ3v) is 4.40. The normalized spacial score (nSPS) is 13.3. The van der Waals surface area contributed by atoms with Crippen molar-refractivity contribution in [2.45, 2.75) is 8.26 Å². The average molecular weight is 446 g/mol. The Hall–Kier alpha value is 0.330. The van der Waals surface area contributed by atoms with Gasteiger partial charge in [-0.15, -0.1) is 0 Å². The molecular weight excluding hydrogens is 437 g/mol. The van der Waals surface area contributed by atoms with Gasteiger partial charge in [-0.05, 0) is 51.9 Å². The molecule has 0 saturated carbocycles. The Morgan fingerprint density at radius 2 is 1.47 bits per heavy atom. The van der Waals surface area contributed by atoms with Crippen LogP contribution in [0, 0.1) is 0 Å². The van der Waals surface area contributed by atoms with E-state index in [4.69, 9.17) is 46.4 Å². The van der Waals surface area contributed by atoms with Crippen LogP contribution in [0.1, 0.15) is 17.0 Å². The molecular formula is C14H9Cl4I. The van der Waals surface area contributed by atoms with Crippen molar-refractivity contribution in [3.05, 3.63) is 69.7 Å². The van der Waals surface area contributed by atoms with Crippen LogP contribution in [-0.4, -0.2) is 2.34 Å². The first-order chi connectivity index (χ1) is 8.89. The number of halogens is 5. The quantitative estimate of drug-likeness (QED) is 0.364. The first-order valence-corrected chi connectivity index (χ1v) is 8.05. The van der Waals surface area contributed by atoms with Crippen molar-refractivity contribution in [1.82, 2.24) is 0 Å². The minimum atomic E-state index is -1.00. The van der Waals surface area contributed by atoms with E-state index in [2.05, 4.69) is 0 Å². The molecule has 100 valence electrons. The van der Waals surface area contributed by atoms with E-state index in [9.17, 15) is 0 Å². The van der Waals surface area contributed by atoms with Gasteiger partial charge in [-0.2, -0.15) is 0 Å². The van der Waals surface area contributed by atoms with E-state index in [0.29, 0.717) is 10.0 Å². The van der Waals surface area contributed by atoms with Gasteiger partial charge in [0.2, 0.25) is 0 Å². The van der Waals surface area contributed by atoms with Crippen molar-refractivity contribution in [2.75, 3.05) is 0 Å². The molecule has 0 amide bonds. The van der Waals surface area contributed by atoms with Gasteiger partial charge in [0.25, 0.3) is 0 Å². The minimum Gasteiger partial charge on any atom is -0.0888 e. The van der Waals surface area contributed by atoms with Crippen molar-refractivity contribution in [1.29, 1.82) is 0 Å². The number of hydrogen-bond acceptors (Lipinski definition) is 0. The highest BCUT2D eigenvalue weighted by Gasteiger charge is 2.35. The zero-order valence-corrected chi connectivity index (χ0v) is 14.8. The molecule has 5 heteroatoms. The second-order valence-electron chi connectivity index (χ2n) is 4.05. The molecule has 0 radical (unpaired) electrons. The van der Waals surface area contributed by atoms with Crippen molar-refractivity contribution in [2.24, 2.45) is 0 Å². The van der Waals surface area contributed by atoms with Crippen LogP contribution in [0.3, 0.4) is 0 Å². The van der Waals surface area contributed by atoms with Crippen LogP contribution in [-0.2, 0) is 0 Å². The number of benzene rings is 2. The molecule has 0 heterocycles. The SMILES string of the molecule is Clc1ccc(C(c2ccccc2Cl)C(Cl)(Cl)I)cc1. The van der Waals surface area contributed by atoms with E-state index >= 15 is 0 Å². The van der Waals surface area contributed by atoms with Gasteiger partial charge < -0.3 is 0 Å². The zero-order valence-electron chi connectivity index (χ0n) is 9.59. The molecule has 19 heavy (non-hydrogen) atoms. The third kappa shape index (κ3) is 3.92. The third-order valence-electron chi connectivity index (χ3n) is 2.75. The van der Waals surface area contributed by atoms with Gasteiger partial charge in [0, 0.05) is 10.0 Å². The van der Waals surface area contributed by atoms with Gasteiger partial charge in [-0.1, -0.05) is 76.7 Å². The molecule has 0 aliphatic carbocycles. The van der Waals surface area contributed by atoms with Crippen LogP contribution in [0.5, 0.6) is 0 Å². The fourth-order valence-corrected chi connectivity index (χ4v) is 3.46. The van der Waals surface area contributed by atoms with Crippen LogP contribution in [0.15, 0.2) is 48.5 Å². The van der Waals surface area contributed by atoms with E-state index < -0.39 is 2.34 Å². The predicted molar refractivity (Wildman–Crippen MR) is 93.2 cm³/mol. The summed E-state index contributed by atoms with van der Waals surface area (Å²) < 4.78 is -1.00. The molecule has 0 N–H and O–H groups in total. The molecule has 0 saturated heterocycles. The molecule has 2 aromatic rings. The maximum atomic E-state index is 6.34. The summed E-state index contributed by atoms with van der Waals surface area (Å²) in [5, 5.41) is 1.31. The molecule has 0 aromatic heterocycles. The molecule has 1 unspecified atom stereocenters. The lowest BCUT2D eigenvalue weighted by atomic mass is 9.93. The van der Waals surface area contributed by atoms with Gasteiger partial charge in [0.05, 0.1) is 5.92 Å². The van der Waals surface area contributed by atoms with Gasteiger partial charge in [-0.3, -0.25) is 0 Å². The summed E-state index contributed by atoms with van der Waals surface area (Å²) in [6.45, 7) is 0. The van der Waals surface area contributed by atoms with Crippen molar-refractivity contribution < 1.29 is 0 Å². The molecule has 0 nitrogen and oxygen atoms in total. The van der Waals surface area contributed by atoms with Crippen LogP contribution in [0.4, 0.5) is 0 Å². The molecule has 1 atom stereocenters. The molecule has 2 rings (SSSR count). The van der Waals surface area contributed by atoms with Gasteiger partial charge in [-0.25, -0.2) is 0 Å². The molecule has 0 fully saturated rings. The smallest absolute Gasteiger partial charge is 0.0888 e. The van der Waals surface area contributed by atoms with Crippen molar-refractivity contribution in [3.63, 3.8) is 0 Å². The summed E-state index contributed by atoms with van der Waals surface area (Å²) in [5.74, 6) is -0.234. The number of rotatable bonds is 3. The van der Waals surface area contributed by atoms with Crippen molar-refractivity contribution >= 4 is 69.0 Å². The Labute approximate surface area is 146 Å². The predicted octanol–water partition coefficient (Wildman–Crippen LogP) is 6.69. The Balaban J connectivity index is 2.55. The Bertz CT molecular complexity index is 560. The highest BCUT2D eigenvalue weighted by molar-refractivity contribution is 14.1. The van der Waals surface area contributed by atoms with E-state index in [-0.39, 0.29) is 5.92 Å². The lowest BCUT2D eigenvalue weighted by Gasteiger charge is -2.26. The lowest BCUT2D eigenvalue weighted by Crippen LogP contribution is -2.18. The van der Waals surface area contributed by atoms with E-state index in [0.717, 1.165) is 11.1 Å². The second-order valence-corrected chi connectivity index (χ2v) is 9.25. The van der Waals surface area contributed by atoms with Gasteiger partial charge >= 0.3 is 0 Å². The molecule has 0 aliphatic rings. The number of alkyl halides is 3. The van der Waals surface area contributed by atoms with Crippen molar-refractivity contribution in [3.8, 4) is 0 Å². The highest BCUT2D eigenvalue weighted by atomic mass is 127. The summed E-state index contributed by atoms with van der Waals surface area (Å²) in [5.41, 5.74) is 1.86. The van der Waals surface area contributed by atoms with Gasteiger partial charge in [0.1, 0.15) is 0 Å². The summed E-state index contributed by atoms with van der Waals surface area (Å²) in [7, 11) is 0. The molecule has 0 spiro atoms. The number of hydrogen-bond donors (Lipinski definition) is 0. The lowest BCUT2D eigenvalue weighted by molar-refractivity contribution is 0.870. The average Bonchev–Trinajstić information content (AvgIpc) is 2.33. The first kappa shape index (κ1) is 15.7. The van der Waals surface area contributed by atoms with Crippen LogP contribution in [0.2, 0.25) is 10.0 Å². The molecule has 0 aliphatic heterocycles. The fraction of sp³-hybridized carbons (Fsp3) is 0.143. The fourth-order valence-electron chi connectivity index (χ4n) is 1.91. The Morgan fingerprint density at radius 1 is 0.895 bits per heavy atom. The maximum absolute atomic E-state index is 6.34. The Morgan fingerprint density at radius 3 is 2.00 bits per heavy atom. The first-order valence-electron chi connectivity index (χ1n) is 5.46. The van der Waals surface area contributed by atoms with Gasteiger partial charge in [0.15, 0.2) is 2.34 Å². The standard InChI is InChI=1S/C14H9Cl4I/c15-10-7-5-9(6-8-10)13(14(17,18)19)11-3-1-2-4-12(11)16/h1-8,13H. The van der Waals surface area contributed by atoms with Crippen LogP contribution in [0.25, 0.3) is 0 Å². The van der Waals surface area contributed by atoms with Crippen LogP contribution >= 0.6 is 69.0 Å². The Kier molecular flexibility index (Phi) is 5.29. The highest BCUT2D eigenvalue weighted by Crippen LogP contribution is 2.49. The summed E-state index contributed by atoms with van der Waals surface area (Å²) in [4.78, 5) is 0. The molecule has 0 bridgehead atoms.